The number of rotatable bonds is 12. The van der Waals surface area contributed by atoms with Crippen LogP contribution in [0.1, 0.15) is 53.9 Å². The number of aliphatic hydroxyl groups is 2. The maximum atomic E-state index is 13.2. The summed E-state index contributed by atoms with van der Waals surface area (Å²) in [4.78, 5) is 29.6. The molecule has 0 radical (unpaired) electrons. The molecular formula is C24H44N4O4. The highest BCUT2D eigenvalue weighted by Gasteiger charge is 2.32. The predicted octanol–water partition coefficient (Wildman–Crippen LogP) is 1.25. The van der Waals surface area contributed by atoms with Gasteiger partial charge >= 0.3 is 0 Å². The van der Waals surface area contributed by atoms with Crippen LogP contribution >= 0.6 is 0 Å². The molecule has 8 nitrogen and oxygen atoms in total. The second-order valence-electron chi connectivity index (χ2n) is 9.37. The molecule has 0 aromatic heterocycles. The quantitative estimate of drug-likeness (QED) is 0.332. The molecule has 0 bridgehead atoms. The Morgan fingerprint density at radius 3 is 2.31 bits per heavy atom. The van der Waals surface area contributed by atoms with Crippen LogP contribution in [0.2, 0.25) is 0 Å². The number of carbonyl (C=O) groups is 2. The van der Waals surface area contributed by atoms with Crippen molar-refractivity contribution in [3.8, 4) is 0 Å². The minimum absolute atomic E-state index is 0.0526. The number of nitrogens with one attached hydrogen (secondary N) is 2. The Balaban J connectivity index is 2.78. The van der Waals surface area contributed by atoms with Crippen molar-refractivity contribution in [2.24, 2.45) is 5.92 Å². The number of likely N-dealkylation sites (tertiary alicyclic amines) is 1. The zero-order chi connectivity index (χ0) is 24.4. The van der Waals surface area contributed by atoms with Gasteiger partial charge in [0.2, 0.25) is 11.8 Å². The third kappa shape index (κ3) is 8.22. The fraction of sp³-hybridized carbons (Fsp3) is 0.750. The molecule has 0 spiro atoms. The first-order chi connectivity index (χ1) is 15.0. The Morgan fingerprint density at radius 1 is 1.16 bits per heavy atom. The molecule has 32 heavy (non-hydrogen) atoms. The largest absolute Gasteiger partial charge is 0.394 e. The maximum absolute atomic E-state index is 13.2. The van der Waals surface area contributed by atoms with Crippen LogP contribution in [-0.4, -0.2) is 89.3 Å². The van der Waals surface area contributed by atoms with Crippen LogP contribution in [0, 0.1) is 5.92 Å². The van der Waals surface area contributed by atoms with Crippen LogP contribution in [-0.2, 0) is 9.59 Å². The summed E-state index contributed by atoms with van der Waals surface area (Å²) in [6, 6.07) is -0.673. The van der Waals surface area contributed by atoms with Crippen molar-refractivity contribution in [3.05, 3.63) is 23.9 Å². The summed E-state index contributed by atoms with van der Waals surface area (Å²) in [6.45, 7) is 15.0. The van der Waals surface area contributed by atoms with E-state index < -0.39 is 6.04 Å². The van der Waals surface area contributed by atoms with Gasteiger partial charge in [0, 0.05) is 30.9 Å². The number of hydrogen-bond acceptors (Lipinski definition) is 6. The lowest BCUT2D eigenvalue weighted by Crippen LogP contribution is -2.55. The molecule has 0 aromatic rings. The van der Waals surface area contributed by atoms with E-state index in [0.717, 1.165) is 31.5 Å². The Morgan fingerprint density at radius 2 is 1.78 bits per heavy atom. The molecule has 8 heteroatoms. The number of amides is 2. The van der Waals surface area contributed by atoms with Gasteiger partial charge in [0.05, 0.1) is 31.3 Å². The van der Waals surface area contributed by atoms with Crippen molar-refractivity contribution in [2.45, 2.75) is 78.0 Å². The standard InChI is InChI=1S/C24H44N4O4/c1-16(2)22(26-24(32)21-10-8-9-12-28(21)17(3)4)19(6)27(7)13-11-18(5)23(31)25-20(14-29)15-30/h11,16-17,20-22,29-30H,6,8-10,12-15H2,1-5,7H3,(H,25,31)(H,26,32)/b18-11+. The average molecular weight is 453 g/mol. The third-order valence-electron chi connectivity index (χ3n) is 6.13. The number of hydrogen-bond donors (Lipinski definition) is 4. The predicted molar refractivity (Wildman–Crippen MR) is 128 cm³/mol. The van der Waals surface area contributed by atoms with Crippen LogP contribution in [0.4, 0.5) is 0 Å². The topological polar surface area (TPSA) is 105 Å². The van der Waals surface area contributed by atoms with Crippen molar-refractivity contribution in [1.82, 2.24) is 20.4 Å². The summed E-state index contributed by atoms with van der Waals surface area (Å²) in [6.07, 6.45) is 4.83. The molecule has 2 unspecified atom stereocenters. The van der Waals surface area contributed by atoms with Crippen LogP contribution in [0.5, 0.6) is 0 Å². The van der Waals surface area contributed by atoms with Crippen LogP contribution in [0.25, 0.3) is 0 Å². The van der Waals surface area contributed by atoms with Crippen molar-refractivity contribution in [3.63, 3.8) is 0 Å². The van der Waals surface area contributed by atoms with E-state index in [2.05, 4.69) is 49.8 Å². The SMILES string of the molecule is C=C(C(NC(=O)C1CCCCN1C(C)C)C(C)C)N(C)C/C=C(\C)C(=O)NC(CO)CO. The van der Waals surface area contributed by atoms with Gasteiger partial charge in [0.15, 0.2) is 0 Å². The molecule has 1 aliphatic rings. The smallest absolute Gasteiger partial charge is 0.247 e. The maximum Gasteiger partial charge on any atom is 0.247 e. The van der Waals surface area contributed by atoms with Crippen LogP contribution < -0.4 is 10.6 Å². The summed E-state index contributed by atoms with van der Waals surface area (Å²) in [5.74, 6) is -0.123. The highest BCUT2D eigenvalue weighted by Crippen LogP contribution is 2.21. The van der Waals surface area contributed by atoms with Gasteiger partial charge in [-0.3, -0.25) is 14.5 Å². The summed E-state index contributed by atoms with van der Waals surface area (Å²) in [5.41, 5.74) is 1.27. The van der Waals surface area contributed by atoms with E-state index in [1.165, 1.54) is 0 Å². The molecule has 4 N–H and O–H groups in total. The first-order valence-electron chi connectivity index (χ1n) is 11.7. The van der Waals surface area contributed by atoms with Gasteiger partial charge in [-0.2, -0.15) is 0 Å². The van der Waals surface area contributed by atoms with Gasteiger partial charge in [-0.05, 0) is 46.1 Å². The molecule has 1 aliphatic heterocycles. The van der Waals surface area contributed by atoms with Gasteiger partial charge in [-0.15, -0.1) is 0 Å². The van der Waals surface area contributed by atoms with Gasteiger partial charge in [-0.25, -0.2) is 0 Å². The fourth-order valence-electron chi connectivity index (χ4n) is 3.91. The first kappa shape index (κ1) is 28.1. The second kappa shape index (κ2) is 13.6. The Kier molecular flexibility index (Phi) is 12.0. The van der Waals surface area contributed by atoms with E-state index in [1.54, 1.807) is 13.0 Å². The third-order valence-corrected chi connectivity index (χ3v) is 6.13. The van der Waals surface area contributed by atoms with Crippen molar-refractivity contribution in [2.75, 3.05) is 33.4 Å². The normalized spacial score (nSPS) is 18.7. The minimum Gasteiger partial charge on any atom is -0.394 e. The zero-order valence-electron chi connectivity index (χ0n) is 20.7. The molecule has 2 atom stereocenters. The molecular weight excluding hydrogens is 408 g/mol. The zero-order valence-corrected chi connectivity index (χ0v) is 20.7. The number of nitrogens with zero attached hydrogens (tertiary/aromatic N) is 2. The van der Waals surface area contributed by atoms with Crippen LogP contribution in [0.3, 0.4) is 0 Å². The van der Waals surface area contributed by atoms with Gasteiger partial charge in [-0.1, -0.05) is 32.9 Å². The number of carbonyl (C=O) groups excluding carboxylic acids is 2. The van der Waals surface area contributed by atoms with Crippen molar-refractivity contribution in [1.29, 1.82) is 0 Å². The molecule has 1 fully saturated rings. The minimum atomic E-state index is -0.677. The van der Waals surface area contributed by atoms with E-state index in [4.69, 9.17) is 10.2 Å². The average Bonchev–Trinajstić information content (AvgIpc) is 2.77. The molecule has 1 saturated heterocycles. The molecule has 2 amide bonds. The lowest BCUT2D eigenvalue weighted by molar-refractivity contribution is -0.129. The second-order valence-corrected chi connectivity index (χ2v) is 9.37. The summed E-state index contributed by atoms with van der Waals surface area (Å²) in [5, 5.41) is 24.0. The molecule has 1 heterocycles. The van der Waals surface area contributed by atoms with Crippen LogP contribution in [0.15, 0.2) is 23.9 Å². The number of piperidine rings is 1. The summed E-state index contributed by atoms with van der Waals surface area (Å²) in [7, 11) is 1.89. The van der Waals surface area contributed by atoms with Gasteiger partial charge < -0.3 is 25.7 Å². The number of likely N-dealkylation sites (N-methyl/N-ethyl adjacent to an activating group) is 1. The number of aliphatic hydroxyl groups excluding tert-OH is 2. The van der Waals surface area contributed by atoms with E-state index in [0.29, 0.717) is 18.2 Å². The van der Waals surface area contributed by atoms with E-state index in [9.17, 15) is 9.59 Å². The Hall–Kier alpha value is -1.90. The van der Waals surface area contributed by atoms with E-state index in [-0.39, 0.29) is 43.0 Å². The highest BCUT2D eigenvalue weighted by molar-refractivity contribution is 5.93. The Bertz CT molecular complexity index is 658. The molecule has 0 saturated carbocycles. The lowest BCUT2D eigenvalue weighted by atomic mass is 9.96. The monoisotopic (exact) mass is 452 g/mol. The fourth-order valence-corrected chi connectivity index (χ4v) is 3.91. The lowest BCUT2D eigenvalue weighted by Gasteiger charge is -2.39. The van der Waals surface area contributed by atoms with Crippen molar-refractivity contribution >= 4 is 11.8 Å². The molecule has 1 rings (SSSR count). The summed E-state index contributed by atoms with van der Waals surface area (Å²) >= 11 is 0. The Labute approximate surface area is 193 Å². The van der Waals surface area contributed by atoms with E-state index >= 15 is 0 Å². The first-order valence-corrected chi connectivity index (χ1v) is 11.7. The highest BCUT2D eigenvalue weighted by atomic mass is 16.3. The summed E-state index contributed by atoms with van der Waals surface area (Å²) < 4.78 is 0. The van der Waals surface area contributed by atoms with Gasteiger partial charge in [0.1, 0.15) is 0 Å². The molecule has 184 valence electrons. The van der Waals surface area contributed by atoms with E-state index in [1.807, 2.05) is 11.9 Å². The van der Waals surface area contributed by atoms with Crippen molar-refractivity contribution < 1.29 is 19.8 Å². The molecule has 0 aromatic carbocycles. The molecule has 0 aliphatic carbocycles. The van der Waals surface area contributed by atoms with Gasteiger partial charge in [0.25, 0.3) is 0 Å².